The van der Waals surface area contributed by atoms with Crippen molar-refractivity contribution < 1.29 is 9.90 Å². The minimum absolute atomic E-state index is 0.00179. The summed E-state index contributed by atoms with van der Waals surface area (Å²) in [7, 11) is 0. The second-order valence-corrected chi connectivity index (χ2v) is 12.0. The van der Waals surface area contributed by atoms with Crippen molar-refractivity contribution in [1.29, 1.82) is 5.41 Å². The van der Waals surface area contributed by atoms with Crippen molar-refractivity contribution >= 4 is 46.4 Å². The zero-order valence-corrected chi connectivity index (χ0v) is 23.6. The minimum atomic E-state index is -0.561. The van der Waals surface area contributed by atoms with Gasteiger partial charge in [-0.3, -0.25) is 15.1 Å². The number of amidine groups is 1. The number of aryl methyl sites for hydroxylation is 1. The molecule has 1 heterocycles. The van der Waals surface area contributed by atoms with Gasteiger partial charge in [-0.25, -0.2) is 0 Å². The maximum atomic E-state index is 14.0. The van der Waals surface area contributed by atoms with Crippen LogP contribution in [0, 0.1) is 17.7 Å². The molecule has 3 aromatic carbocycles. The summed E-state index contributed by atoms with van der Waals surface area (Å²) >= 11 is 8.19. The van der Waals surface area contributed by atoms with Crippen molar-refractivity contribution in [2.24, 2.45) is 5.41 Å². The minimum Gasteiger partial charge on any atom is -0.507 e. The Morgan fingerprint density at radius 3 is 2.37 bits per heavy atom. The molecule has 0 radical (unpaired) electrons. The van der Waals surface area contributed by atoms with Crippen LogP contribution in [0.5, 0.6) is 0 Å². The summed E-state index contributed by atoms with van der Waals surface area (Å²) in [4.78, 5) is 16.9. The number of thioether (sulfide) groups is 1. The second kappa shape index (κ2) is 10.1. The van der Waals surface area contributed by atoms with Gasteiger partial charge in [0.1, 0.15) is 11.6 Å². The molecule has 194 valence electrons. The van der Waals surface area contributed by atoms with Gasteiger partial charge in [0, 0.05) is 50.4 Å². The number of aliphatic hydroxyl groups is 1. The maximum absolute atomic E-state index is 14.0. The average molecular weight is 543 g/mol. The fourth-order valence-corrected chi connectivity index (χ4v) is 6.08. The van der Waals surface area contributed by atoms with Gasteiger partial charge in [0.05, 0.1) is 0 Å². The zero-order valence-electron chi connectivity index (χ0n) is 22.0. The maximum Gasteiger partial charge on any atom is 0.162 e. The molecule has 4 nitrogen and oxygen atoms in total. The quantitative estimate of drug-likeness (QED) is 0.256. The highest BCUT2D eigenvalue weighted by molar-refractivity contribution is 7.98. The summed E-state index contributed by atoms with van der Waals surface area (Å²) in [5.41, 5.74) is 4.72. The summed E-state index contributed by atoms with van der Waals surface area (Å²) < 4.78 is 0. The number of aliphatic hydroxyl groups excluding tert-OH is 1. The van der Waals surface area contributed by atoms with Crippen LogP contribution in [-0.2, 0) is 4.79 Å². The molecule has 6 heteroatoms. The summed E-state index contributed by atoms with van der Waals surface area (Å²) in [5, 5.41) is 21.9. The lowest BCUT2D eigenvalue weighted by Crippen LogP contribution is -2.45. The number of hydrogen-bond donors (Lipinski definition) is 2. The van der Waals surface area contributed by atoms with Crippen molar-refractivity contribution in [2.45, 2.75) is 44.4 Å². The standard InChI is InChI=1S/C32H31ClN2O2S/c1-19-10-13-22(16-24(19)33)35-25-17-32(2,3)18-26(36)28(25)27(20-11-14-23(38-4)15-12-20)29(31(35)34)30(37)21-8-6-5-7-9-21/h5-16,27,34,37H,17-18H2,1-4H3/b30-29+,34-31?. The number of carbonyl (C=O) groups excluding carboxylic acids is 1. The molecule has 0 spiro atoms. The Kier molecular flexibility index (Phi) is 7.01. The van der Waals surface area contributed by atoms with Crippen LogP contribution >= 0.6 is 23.4 Å². The number of Topliss-reactive ketones (excluding diaryl/α,β-unsaturated/α-hetero) is 1. The Labute approximate surface area is 233 Å². The van der Waals surface area contributed by atoms with E-state index in [1.54, 1.807) is 11.8 Å². The number of ketones is 1. The van der Waals surface area contributed by atoms with Crippen molar-refractivity contribution in [3.05, 3.63) is 111 Å². The number of hydrogen-bond acceptors (Lipinski definition) is 4. The van der Waals surface area contributed by atoms with E-state index in [1.165, 1.54) is 0 Å². The zero-order chi connectivity index (χ0) is 27.2. The van der Waals surface area contributed by atoms with Gasteiger partial charge >= 0.3 is 0 Å². The molecule has 2 aliphatic rings. The number of nitrogens with zero attached hydrogens (tertiary/aromatic N) is 1. The molecular weight excluding hydrogens is 512 g/mol. The van der Waals surface area contributed by atoms with Crippen LogP contribution in [0.2, 0.25) is 5.02 Å². The average Bonchev–Trinajstić information content (AvgIpc) is 2.89. The van der Waals surface area contributed by atoms with Gasteiger partial charge in [0.15, 0.2) is 5.78 Å². The van der Waals surface area contributed by atoms with Crippen LogP contribution in [0.1, 0.15) is 49.3 Å². The van der Waals surface area contributed by atoms with Crippen LogP contribution < -0.4 is 4.90 Å². The van der Waals surface area contributed by atoms with Gasteiger partial charge in [0.2, 0.25) is 0 Å². The number of allylic oxidation sites excluding steroid dienone is 2. The highest BCUT2D eigenvalue weighted by Gasteiger charge is 2.46. The molecule has 0 fully saturated rings. The summed E-state index contributed by atoms with van der Waals surface area (Å²) in [6.07, 6.45) is 3.05. The number of anilines is 1. The van der Waals surface area contributed by atoms with E-state index in [-0.39, 0.29) is 22.8 Å². The lowest BCUT2D eigenvalue weighted by Gasteiger charge is -2.45. The van der Waals surface area contributed by atoms with Crippen LogP contribution in [0.4, 0.5) is 5.69 Å². The smallest absolute Gasteiger partial charge is 0.162 e. The first kappa shape index (κ1) is 26.3. The van der Waals surface area contributed by atoms with Gasteiger partial charge in [-0.2, -0.15) is 0 Å². The third kappa shape index (κ3) is 4.70. The molecule has 2 N–H and O–H groups in total. The molecule has 1 unspecified atom stereocenters. The van der Waals surface area contributed by atoms with Gasteiger partial charge in [0.25, 0.3) is 0 Å². The summed E-state index contributed by atoms with van der Waals surface area (Å²) in [5.74, 6) is -0.366. The molecule has 0 amide bonds. The lowest BCUT2D eigenvalue weighted by atomic mass is 9.67. The van der Waals surface area contributed by atoms with Gasteiger partial charge in [-0.05, 0) is 60.4 Å². The van der Waals surface area contributed by atoms with E-state index in [2.05, 4.69) is 13.8 Å². The van der Waals surface area contributed by atoms with Crippen molar-refractivity contribution in [3.8, 4) is 0 Å². The van der Waals surface area contributed by atoms with E-state index in [0.29, 0.717) is 40.3 Å². The fraction of sp³-hybridized carbons (Fsp3) is 0.250. The van der Waals surface area contributed by atoms with E-state index < -0.39 is 5.92 Å². The Morgan fingerprint density at radius 2 is 1.74 bits per heavy atom. The van der Waals surface area contributed by atoms with Crippen molar-refractivity contribution in [3.63, 3.8) is 0 Å². The van der Waals surface area contributed by atoms with Crippen LogP contribution in [0.15, 0.2) is 94.5 Å². The first-order chi connectivity index (χ1) is 18.1. The number of benzene rings is 3. The Hall–Kier alpha value is -3.28. The molecule has 1 aliphatic carbocycles. The first-order valence-corrected chi connectivity index (χ1v) is 14.3. The van der Waals surface area contributed by atoms with Crippen LogP contribution in [0.3, 0.4) is 0 Å². The van der Waals surface area contributed by atoms with E-state index in [4.69, 9.17) is 11.6 Å². The molecular formula is C32H31ClN2O2S. The van der Waals surface area contributed by atoms with E-state index in [9.17, 15) is 15.3 Å². The third-order valence-corrected chi connectivity index (χ3v) is 8.54. The monoisotopic (exact) mass is 542 g/mol. The molecule has 38 heavy (non-hydrogen) atoms. The first-order valence-electron chi connectivity index (χ1n) is 12.7. The summed E-state index contributed by atoms with van der Waals surface area (Å²) in [6, 6.07) is 23.0. The second-order valence-electron chi connectivity index (χ2n) is 10.8. The molecule has 0 aromatic heterocycles. The molecule has 0 bridgehead atoms. The predicted octanol–water partition coefficient (Wildman–Crippen LogP) is 8.56. The Balaban J connectivity index is 1.84. The van der Waals surface area contributed by atoms with E-state index in [0.717, 1.165) is 21.7 Å². The van der Waals surface area contributed by atoms with Gasteiger partial charge < -0.3 is 5.11 Å². The number of rotatable bonds is 4. The molecule has 3 aromatic rings. The normalized spacial score (nSPS) is 20.4. The number of carbonyl (C=O) groups is 1. The van der Waals surface area contributed by atoms with E-state index in [1.807, 2.05) is 90.9 Å². The third-order valence-electron chi connectivity index (χ3n) is 7.39. The van der Waals surface area contributed by atoms with Gasteiger partial charge in [-0.15, -0.1) is 11.8 Å². The lowest BCUT2D eigenvalue weighted by molar-refractivity contribution is -0.118. The highest BCUT2D eigenvalue weighted by Crippen LogP contribution is 2.51. The molecule has 1 atom stereocenters. The SMILES string of the molecule is CSc1ccc(C2C3=C(CC(C)(C)CC3=O)N(c3ccc(C)c(Cl)c3)C(=N)/C2=C(/O)c2ccccc2)cc1. The van der Waals surface area contributed by atoms with Gasteiger partial charge in [-0.1, -0.05) is 74.0 Å². The molecule has 1 aliphatic heterocycles. The van der Waals surface area contributed by atoms with Crippen molar-refractivity contribution in [2.75, 3.05) is 11.2 Å². The van der Waals surface area contributed by atoms with Crippen LogP contribution in [0.25, 0.3) is 5.76 Å². The molecule has 5 rings (SSSR count). The topological polar surface area (TPSA) is 64.4 Å². The Bertz CT molecular complexity index is 1490. The Morgan fingerprint density at radius 1 is 1.05 bits per heavy atom. The van der Waals surface area contributed by atoms with Crippen molar-refractivity contribution in [1.82, 2.24) is 0 Å². The number of halogens is 1. The number of nitrogens with one attached hydrogen (secondary N) is 1. The molecule has 0 saturated carbocycles. The molecule has 0 saturated heterocycles. The summed E-state index contributed by atoms with van der Waals surface area (Å²) in [6.45, 7) is 6.12. The fourth-order valence-electron chi connectivity index (χ4n) is 5.50. The van der Waals surface area contributed by atoms with E-state index >= 15 is 0 Å². The highest BCUT2D eigenvalue weighted by atomic mass is 35.5. The van der Waals surface area contributed by atoms with Crippen LogP contribution in [-0.4, -0.2) is 23.0 Å². The predicted molar refractivity (Wildman–Crippen MR) is 158 cm³/mol. The largest absolute Gasteiger partial charge is 0.507 e.